The zero-order valence-corrected chi connectivity index (χ0v) is 39.0. The number of hydrogen-bond acceptors (Lipinski definition) is 10. The summed E-state index contributed by atoms with van der Waals surface area (Å²) in [5, 5.41) is 7.90. The van der Waals surface area contributed by atoms with E-state index in [-0.39, 0.29) is 49.0 Å². The number of hydrogen-bond donors (Lipinski definition) is 2. The van der Waals surface area contributed by atoms with Gasteiger partial charge in [0.1, 0.15) is 40.4 Å². The third kappa shape index (κ3) is 15.6. The van der Waals surface area contributed by atoms with Crippen molar-refractivity contribution in [1.29, 1.82) is 0 Å². The molecule has 0 atom stereocenters. The summed E-state index contributed by atoms with van der Waals surface area (Å²) in [5.41, 5.74) is -0.644. The van der Waals surface area contributed by atoms with Gasteiger partial charge in [0, 0.05) is 48.6 Å². The lowest BCUT2D eigenvalue weighted by Crippen LogP contribution is -2.49. The number of benzene rings is 2. The van der Waals surface area contributed by atoms with Crippen molar-refractivity contribution >= 4 is 59.4 Å². The topological polar surface area (TPSA) is 181 Å². The van der Waals surface area contributed by atoms with Crippen LogP contribution in [0.1, 0.15) is 123 Å². The van der Waals surface area contributed by atoms with E-state index in [0.29, 0.717) is 35.1 Å². The molecule has 5 amide bonds. The smallest absolute Gasteiger partial charge is 0.437 e. The molecule has 0 spiro atoms. The van der Waals surface area contributed by atoms with E-state index >= 15 is 8.78 Å². The van der Waals surface area contributed by atoms with Crippen molar-refractivity contribution in [2.24, 2.45) is 9.98 Å². The van der Waals surface area contributed by atoms with Crippen molar-refractivity contribution < 1.29 is 51.7 Å². The Bertz CT molecular complexity index is 2240. The highest BCUT2D eigenvalue weighted by molar-refractivity contribution is 6.05. The van der Waals surface area contributed by atoms with Crippen LogP contribution in [-0.4, -0.2) is 106 Å². The molecular weight excluding hydrogens is 833 g/mol. The first-order valence-electron chi connectivity index (χ1n) is 20.9. The van der Waals surface area contributed by atoms with Gasteiger partial charge in [0.25, 0.3) is 5.91 Å². The number of ether oxygens (including phenoxy) is 4. The number of nitrogens with zero attached hydrogens (tertiary/aromatic N) is 5. The number of carbonyl (C=O) groups excluding carboxylic acids is 5. The highest BCUT2D eigenvalue weighted by Gasteiger charge is 2.30. The normalized spacial score (nSPS) is 15.5. The van der Waals surface area contributed by atoms with Crippen molar-refractivity contribution in [3.63, 3.8) is 0 Å². The second-order valence-corrected chi connectivity index (χ2v) is 19.2. The Morgan fingerprint density at radius 2 is 1.27 bits per heavy atom. The zero-order valence-electron chi connectivity index (χ0n) is 39.0. The lowest BCUT2D eigenvalue weighted by atomic mass is 9.96. The maximum Gasteiger partial charge on any atom is 0.437 e. The van der Waals surface area contributed by atoms with Crippen LogP contribution in [0.3, 0.4) is 0 Å². The fourth-order valence-corrected chi connectivity index (χ4v) is 6.26. The highest BCUT2D eigenvalue weighted by atomic mass is 19.1. The quantitative estimate of drug-likeness (QED) is 0.160. The van der Waals surface area contributed by atoms with Crippen molar-refractivity contribution in [2.45, 2.75) is 125 Å². The van der Waals surface area contributed by atoms with E-state index < -0.39 is 64.3 Å². The monoisotopic (exact) mass is 893 g/mol. The third-order valence-corrected chi connectivity index (χ3v) is 8.94. The molecule has 2 aromatic rings. The Morgan fingerprint density at radius 3 is 1.81 bits per heavy atom. The minimum Gasteiger partial charge on any atom is -0.444 e. The second kappa shape index (κ2) is 20.1. The second-order valence-electron chi connectivity index (χ2n) is 19.2. The lowest BCUT2D eigenvalue weighted by molar-refractivity contribution is -0.00946. The summed E-state index contributed by atoms with van der Waals surface area (Å²) in [5.74, 6) is -1.99. The van der Waals surface area contributed by atoms with E-state index in [1.807, 2.05) is 0 Å². The molecule has 0 radical (unpaired) electrons. The standard InChI is InChI=1S/C46H61F2N7O9/c1-28-24-33(30-18-22-54(23-19-30)55(42(60)64-46(11,12)13)27-49-39(57)61-43(2,3)4)35(48)26-36(28)50-37(56)31-14-15-32(34(47)25-31)29-16-20-53(21-17-29)38(51-40(58)62-44(5,6)7)52-41(59)63-45(8,9)10/h14-16,18,24-27H,17,19-23H2,1-13H3,(H,50,56)(H,51,52,58,59)/b49-27+. The molecule has 0 bridgehead atoms. The predicted molar refractivity (Wildman–Crippen MR) is 240 cm³/mol. The van der Waals surface area contributed by atoms with Crippen LogP contribution in [0, 0.1) is 18.6 Å². The van der Waals surface area contributed by atoms with E-state index in [2.05, 4.69) is 20.6 Å². The van der Waals surface area contributed by atoms with Crippen molar-refractivity contribution in [3.05, 3.63) is 76.4 Å². The predicted octanol–water partition coefficient (Wildman–Crippen LogP) is 9.64. The van der Waals surface area contributed by atoms with Gasteiger partial charge in [0.15, 0.2) is 0 Å². The van der Waals surface area contributed by atoms with Crippen molar-refractivity contribution in [2.75, 3.05) is 31.5 Å². The Balaban J connectivity index is 1.46. The van der Waals surface area contributed by atoms with E-state index in [1.165, 1.54) is 18.2 Å². The minimum absolute atomic E-state index is 0.0105. The number of aryl methyl sites for hydroxylation is 1. The van der Waals surface area contributed by atoms with Gasteiger partial charge in [-0.05, 0) is 144 Å². The molecule has 0 saturated carbocycles. The Labute approximate surface area is 373 Å². The number of carbonyl (C=O) groups is 5. The summed E-state index contributed by atoms with van der Waals surface area (Å²) < 4.78 is 52.8. The van der Waals surface area contributed by atoms with Crippen LogP contribution in [0.2, 0.25) is 0 Å². The molecule has 348 valence electrons. The first kappa shape index (κ1) is 50.5. The number of anilines is 1. The van der Waals surface area contributed by atoms with Crippen LogP contribution in [0.5, 0.6) is 0 Å². The number of guanidine groups is 1. The fourth-order valence-electron chi connectivity index (χ4n) is 6.26. The Morgan fingerprint density at radius 1 is 0.703 bits per heavy atom. The van der Waals surface area contributed by atoms with Crippen molar-refractivity contribution in [1.82, 2.24) is 20.2 Å². The number of halogens is 2. The molecule has 16 nitrogen and oxygen atoms in total. The van der Waals surface area contributed by atoms with Gasteiger partial charge in [0.05, 0.1) is 0 Å². The van der Waals surface area contributed by atoms with E-state index in [0.717, 1.165) is 17.4 Å². The Hall–Kier alpha value is -6.17. The third-order valence-electron chi connectivity index (χ3n) is 8.94. The van der Waals surface area contributed by atoms with Gasteiger partial charge in [-0.2, -0.15) is 10.0 Å². The fraction of sp³-hybridized carbons (Fsp3) is 0.500. The maximum atomic E-state index is 15.7. The van der Waals surface area contributed by atoms with Crippen LogP contribution in [0.15, 0.2) is 52.5 Å². The molecule has 2 aromatic carbocycles. The summed E-state index contributed by atoms with van der Waals surface area (Å²) in [4.78, 5) is 73.4. The summed E-state index contributed by atoms with van der Waals surface area (Å²) in [6.45, 7) is 22.9. The highest BCUT2D eigenvalue weighted by Crippen LogP contribution is 2.31. The molecule has 2 aliphatic rings. The molecular formula is C46H61F2N7O9. The van der Waals surface area contributed by atoms with Crippen LogP contribution in [-0.2, 0) is 18.9 Å². The molecule has 4 rings (SSSR count). The Kier molecular flexibility index (Phi) is 15.9. The van der Waals surface area contributed by atoms with Crippen LogP contribution in [0.25, 0.3) is 11.1 Å². The molecule has 2 N–H and O–H groups in total. The summed E-state index contributed by atoms with van der Waals surface area (Å²) in [7, 11) is 0. The largest absolute Gasteiger partial charge is 0.444 e. The average molecular weight is 894 g/mol. The molecule has 2 aliphatic heterocycles. The molecule has 0 aromatic heterocycles. The maximum absolute atomic E-state index is 15.7. The molecule has 0 aliphatic carbocycles. The number of aliphatic imine (C=N–C) groups is 2. The van der Waals surface area contributed by atoms with Gasteiger partial charge < -0.3 is 29.2 Å². The van der Waals surface area contributed by atoms with Gasteiger partial charge in [-0.15, -0.1) is 4.99 Å². The zero-order chi connectivity index (χ0) is 47.9. The molecule has 0 fully saturated rings. The number of amides is 5. The molecule has 0 unspecified atom stereocenters. The lowest BCUT2D eigenvalue weighted by Gasteiger charge is -2.35. The molecule has 0 saturated heterocycles. The number of hydrazine groups is 1. The first-order valence-corrected chi connectivity index (χ1v) is 20.9. The van der Waals surface area contributed by atoms with E-state index in [1.54, 1.807) is 118 Å². The summed E-state index contributed by atoms with van der Waals surface area (Å²) in [6.07, 6.45) is 1.76. The number of alkyl carbamates (subject to hydrolysis) is 1. The van der Waals surface area contributed by atoms with Gasteiger partial charge in [-0.3, -0.25) is 10.1 Å². The van der Waals surface area contributed by atoms with Crippen LogP contribution < -0.4 is 10.6 Å². The SMILES string of the molecule is Cc1cc(C2=CCN(N(/C=N/C(=O)OC(C)(C)C)C(=O)OC(C)(C)C)CC2)c(F)cc1NC(=O)c1ccc(C2=CCN(/C(=N/C(=O)OC(C)(C)C)NC(=O)OC(C)(C)C)CC2)c(F)c1. The van der Waals surface area contributed by atoms with E-state index in [9.17, 15) is 24.0 Å². The molecule has 18 heteroatoms. The van der Waals surface area contributed by atoms with Gasteiger partial charge in [-0.25, -0.2) is 33.0 Å². The van der Waals surface area contributed by atoms with Gasteiger partial charge in [-0.1, -0.05) is 18.2 Å². The summed E-state index contributed by atoms with van der Waals surface area (Å²) >= 11 is 0. The van der Waals surface area contributed by atoms with Crippen LogP contribution >= 0.6 is 0 Å². The van der Waals surface area contributed by atoms with Crippen molar-refractivity contribution in [3.8, 4) is 0 Å². The van der Waals surface area contributed by atoms with E-state index in [4.69, 9.17) is 18.9 Å². The molecule has 2 heterocycles. The van der Waals surface area contributed by atoms with Gasteiger partial charge in [0.2, 0.25) is 5.96 Å². The first-order chi connectivity index (χ1) is 29.5. The summed E-state index contributed by atoms with van der Waals surface area (Å²) in [6, 6.07) is 6.88. The van der Waals surface area contributed by atoms with Crippen LogP contribution in [0.4, 0.5) is 33.6 Å². The minimum atomic E-state index is -0.910. The molecule has 64 heavy (non-hydrogen) atoms. The number of nitrogens with one attached hydrogen (secondary N) is 2. The number of rotatable bonds is 6. The average Bonchev–Trinajstić information content (AvgIpc) is 3.13. The van der Waals surface area contributed by atoms with Gasteiger partial charge >= 0.3 is 24.4 Å².